The molecule has 0 unspecified atom stereocenters. The van der Waals surface area contributed by atoms with Crippen molar-refractivity contribution >= 4 is 9.84 Å². The second-order valence-electron chi connectivity index (χ2n) is 4.64. The molecule has 1 saturated carbocycles. The van der Waals surface area contributed by atoms with Crippen molar-refractivity contribution in [3.8, 4) is 0 Å². The van der Waals surface area contributed by atoms with Gasteiger partial charge in [-0.25, -0.2) is 18.1 Å². The van der Waals surface area contributed by atoms with E-state index in [1.165, 1.54) is 19.2 Å². The zero-order chi connectivity index (χ0) is 13.0. The van der Waals surface area contributed by atoms with Crippen molar-refractivity contribution in [2.24, 2.45) is 0 Å². The number of hydrogen-bond donors (Lipinski definition) is 1. The van der Waals surface area contributed by atoms with Gasteiger partial charge in [-0.2, -0.15) is 5.10 Å². The number of rotatable bonds is 8. The topological polar surface area (TPSA) is 76.9 Å². The first-order chi connectivity index (χ1) is 8.61. The van der Waals surface area contributed by atoms with Crippen LogP contribution < -0.4 is 5.32 Å². The van der Waals surface area contributed by atoms with E-state index in [9.17, 15) is 8.42 Å². The lowest BCUT2D eigenvalue weighted by atomic mass is 10.4. The van der Waals surface area contributed by atoms with Gasteiger partial charge in [0, 0.05) is 18.3 Å². The van der Waals surface area contributed by atoms with Crippen molar-refractivity contribution < 1.29 is 8.42 Å². The lowest BCUT2D eigenvalue weighted by molar-refractivity contribution is 0.535. The van der Waals surface area contributed by atoms with E-state index in [0.29, 0.717) is 25.6 Å². The summed E-state index contributed by atoms with van der Waals surface area (Å²) in [7, 11) is -2.88. The molecule has 0 saturated heterocycles. The minimum atomic E-state index is -2.88. The molecule has 0 aromatic carbocycles. The molecule has 6 nitrogen and oxygen atoms in total. The second kappa shape index (κ2) is 5.79. The van der Waals surface area contributed by atoms with Crippen LogP contribution in [0, 0.1) is 0 Å². The van der Waals surface area contributed by atoms with Gasteiger partial charge in [0.25, 0.3) is 0 Å². The highest BCUT2D eigenvalue weighted by Gasteiger charge is 2.21. The second-order valence-corrected chi connectivity index (χ2v) is 7.12. The van der Waals surface area contributed by atoms with Gasteiger partial charge in [0.05, 0.1) is 12.3 Å². The predicted molar refractivity (Wildman–Crippen MR) is 68.8 cm³/mol. The van der Waals surface area contributed by atoms with Crippen LogP contribution in [0.3, 0.4) is 0 Å². The van der Waals surface area contributed by atoms with Crippen molar-refractivity contribution in [1.29, 1.82) is 0 Å². The zero-order valence-corrected chi connectivity index (χ0v) is 11.5. The molecule has 1 heterocycles. The molecule has 18 heavy (non-hydrogen) atoms. The molecular weight excluding hydrogens is 252 g/mol. The van der Waals surface area contributed by atoms with Crippen molar-refractivity contribution in [2.75, 3.05) is 11.5 Å². The molecule has 0 bridgehead atoms. The van der Waals surface area contributed by atoms with E-state index in [-0.39, 0.29) is 11.5 Å². The molecular formula is C11H20N4O2S. The molecule has 0 atom stereocenters. The number of nitrogens with one attached hydrogen (secondary N) is 1. The van der Waals surface area contributed by atoms with Gasteiger partial charge >= 0.3 is 0 Å². The van der Waals surface area contributed by atoms with Crippen LogP contribution in [0.25, 0.3) is 0 Å². The largest absolute Gasteiger partial charge is 0.307 e. The first kappa shape index (κ1) is 13.5. The SMILES string of the molecule is CCS(=O)(=O)CCCn1ncnc1CNC1CC1. The highest BCUT2D eigenvalue weighted by atomic mass is 32.2. The Kier molecular flexibility index (Phi) is 4.34. The summed E-state index contributed by atoms with van der Waals surface area (Å²) in [6, 6.07) is 0.635. The van der Waals surface area contributed by atoms with Gasteiger partial charge < -0.3 is 5.32 Å². The summed E-state index contributed by atoms with van der Waals surface area (Å²) in [5.74, 6) is 1.31. The zero-order valence-electron chi connectivity index (χ0n) is 10.7. The van der Waals surface area contributed by atoms with E-state index in [0.717, 1.165) is 5.82 Å². The minimum absolute atomic E-state index is 0.209. The lowest BCUT2D eigenvalue weighted by Crippen LogP contribution is -2.20. The van der Waals surface area contributed by atoms with Crippen molar-refractivity contribution in [2.45, 2.75) is 45.3 Å². The summed E-state index contributed by atoms with van der Waals surface area (Å²) in [4.78, 5) is 4.19. The number of sulfone groups is 1. The molecule has 0 spiro atoms. The van der Waals surface area contributed by atoms with E-state index in [2.05, 4.69) is 15.4 Å². The summed E-state index contributed by atoms with van der Waals surface area (Å²) in [5, 5.41) is 7.51. The molecule has 2 rings (SSSR count). The fraction of sp³-hybridized carbons (Fsp3) is 0.818. The fourth-order valence-electron chi connectivity index (χ4n) is 1.71. The quantitative estimate of drug-likeness (QED) is 0.739. The van der Waals surface area contributed by atoms with Crippen LogP contribution in [0.1, 0.15) is 32.0 Å². The standard InChI is InChI=1S/C11H20N4O2S/c1-2-18(16,17)7-3-6-15-11(13-9-14-15)8-12-10-4-5-10/h9-10,12H,2-8H2,1H3. The Labute approximate surface area is 108 Å². The Morgan fingerprint density at radius 3 is 2.94 bits per heavy atom. The third-order valence-electron chi connectivity index (χ3n) is 3.09. The lowest BCUT2D eigenvalue weighted by Gasteiger charge is -2.06. The molecule has 1 aromatic heterocycles. The molecule has 1 N–H and O–H groups in total. The van der Waals surface area contributed by atoms with Crippen LogP contribution in [0.5, 0.6) is 0 Å². The normalized spacial score (nSPS) is 16.1. The number of hydrogen-bond acceptors (Lipinski definition) is 5. The average Bonchev–Trinajstić information content (AvgIpc) is 3.07. The highest BCUT2D eigenvalue weighted by molar-refractivity contribution is 7.91. The summed E-state index contributed by atoms with van der Waals surface area (Å²) < 4.78 is 24.5. The molecule has 1 fully saturated rings. The maximum Gasteiger partial charge on any atom is 0.150 e. The summed E-state index contributed by atoms with van der Waals surface area (Å²) >= 11 is 0. The maximum absolute atomic E-state index is 11.4. The van der Waals surface area contributed by atoms with Gasteiger partial charge in [-0.3, -0.25) is 0 Å². The molecule has 0 radical (unpaired) electrons. The van der Waals surface area contributed by atoms with Crippen LogP contribution in [0.4, 0.5) is 0 Å². The summed E-state index contributed by atoms with van der Waals surface area (Å²) in [5.41, 5.74) is 0. The summed E-state index contributed by atoms with van der Waals surface area (Å²) in [6.07, 6.45) is 4.60. The van der Waals surface area contributed by atoms with Gasteiger partial charge in [-0.15, -0.1) is 0 Å². The monoisotopic (exact) mass is 272 g/mol. The smallest absolute Gasteiger partial charge is 0.150 e. The molecule has 1 aliphatic carbocycles. The first-order valence-corrected chi connectivity index (χ1v) is 8.23. The van der Waals surface area contributed by atoms with Crippen molar-refractivity contribution in [3.05, 3.63) is 12.2 Å². The van der Waals surface area contributed by atoms with Crippen molar-refractivity contribution in [3.63, 3.8) is 0 Å². The molecule has 0 amide bonds. The Morgan fingerprint density at radius 2 is 2.28 bits per heavy atom. The van der Waals surface area contributed by atoms with Crippen LogP contribution in [0.2, 0.25) is 0 Å². The van der Waals surface area contributed by atoms with E-state index < -0.39 is 9.84 Å². The molecule has 1 aromatic rings. The first-order valence-electron chi connectivity index (χ1n) is 6.41. The van der Waals surface area contributed by atoms with Gasteiger partial charge in [-0.05, 0) is 19.3 Å². The van der Waals surface area contributed by atoms with Gasteiger partial charge in [0.2, 0.25) is 0 Å². The number of aryl methyl sites for hydroxylation is 1. The van der Waals surface area contributed by atoms with Gasteiger partial charge in [0.1, 0.15) is 22.0 Å². The van der Waals surface area contributed by atoms with E-state index >= 15 is 0 Å². The Balaban J connectivity index is 1.79. The predicted octanol–water partition coefficient (Wildman–Crippen LogP) is 0.355. The van der Waals surface area contributed by atoms with Gasteiger partial charge in [0.15, 0.2) is 0 Å². The molecule has 7 heteroatoms. The Morgan fingerprint density at radius 1 is 1.50 bits per heavy atom. The van der Waals surface area contributed by atoms with E-state index in [1.807, 2.05) is 0 Å². The van der Waals surface area contributed by atoms with Crippen LogP contribution in [0.15, 0.2) is 6.33 Å². The number of aromatic nitrogens is 3. The average molecular weight is 272 g/mol. The molecule has 102 valence electrons. The van der Waals surface area contributed by atoms with Crippen LogP contribution in [-0.2, 0) is 22.9 Å². The van der Waals surface area contributed by atoms with Crippen LogP contribution >= 0.6 is 0 Å². The number of nitrogens with zero attached hydrogens (tertiary/aromatic N) is 3. The summed E-state index contributed by atoms with van der Waals surface area (Å²) in [6.45, 7) is 3.00. The molecule has 1 aliphatic rings. The Bertz CT molecular complexity index is 479. The van der Waals surface area contributed by atoms with Crippen molar-refractivity contribution in [1.82, 2.24) is 20.1 Å². The van der Waals surface area contributed by atoms with Crippen LogP contribution in [-0.4, -0.2) is 40.7 Å². The Hall–Kier alpha value is -0.950. The minimum Gasteiger partial charge on any atom is -0.307 e. The maximum atomic E-state index is 11.4. The highest BCUT2D eigenvalue weighted by Crippen LogP contribution is 2.18. The third kappa shape index (κ3) is 4.06. The van der Waals surface area contributed by atoms with E-state index in [1.54, 1.807) is 11.6 Å². The van der Waals surface area contributed by atoms with Gasteiger partial charge in [-0.1, -0.05) is 6.92 Å². The van der Waals surface area contributed by atoms with E-state index in [4.69, 9.17) is 0 Å². The third-order valence-corrected chi connectivity index (χ3v) is 4.88. The molecule has 0 aliphatic heterocycles. The fourth-order valence-corrected chi connectivity index (χ4v) is 2.57.